The molecule has 98 valence electrons. The molecule has 0 saturated heterocycles. The van der Waals surface area contributed by atoms with Gasteiger partial charge in [-0.25, -0.2) is 0 Å². The van der Waals surface area contributed by atoms with E-state index in [1.807, 2.05) is 18.2 Å². The third kappa shape index (κ3) is 2.56. The molecule has 3 heteroatoms. The fourth-order valence-corrected chi connectivity index (χ4v) is 2.25. The largest absolute Gasteiger partial charge is 0.454 e. The normalized spacial score (nSPS) is 14.4. The standard InChI is InChI=1S/C16H17NO2/c1-12(13-6-3-2-4-7-13)17-10-14-8-5-9-15-16(14)19-11-18-15/h2-9,12,17H,10-11H2,1H3. The predicted octanol–water partition coefficient (Wildman–Crippen LogP) is 3.27. The molecule has 1 N–H and O–H groups in total. The number of para-hydroxylation sites is 1. The van der Waals surface area contributed by atoms with E-state index in [4.69, 9.17) is 9.47 Å². The topological polar surface area (TPSA) is 30.5 Å². The van der Waals surface area contributed by atoms with Crippen LogP contribution in [0.25, 0.3) is 0 Å². The molecule has 0 aromatic heterocycles. The number of benzene rings is 2. The highest BCUT2D eigenvalue weighted by atomic mass is 16.7. The Bertz CT molecular complexity index is 554. The van der Waals surface area contributed by atoms with Crippen LogP contribution in [-0.2, 0) is 6.54 Å². The van der Waals surface area contributed by atoms with Gasteiger partial charge in [0, 0.05) is 18.2 Å². The van der Waals surface area contributed by atoms with E-state index in [-0.39, 0.29) is 0 Å². The summed E-state index contributed by atoms with van der Waals surface area (Å²) < 4.78 is 10.9. The monoisotopic (exact) mass is 255 g/mol. The molecular weight excluding hydrogens is 238 g/mol. The summed E-state index contributed by atoms with van der Waals surface area (Å²) in [6.45, 7) is 3.25. The summed E-state index contributed by atoms with van der Waals surface area (Å²) in [5.74, 6) is 1.71. The van der Waals surface area contributed by atoms with Crippen molar-refractivity contribution >= 4 is 0 Å². The predicted molar refractivity (Wildman–Crippen MR) is 74.3 cm³/mol. The van der Waals surface area contributed by atoms with Crippen molar-refractivity contribution < 1.29 is 9.47 Å². The summed E-state index contributed by atoms with van der Waals surface area (Å²) in [6.07, 6.45) is 0. The van der Waals surface area contributed by atoms with Gasteiger partial charge in [-0.15, -0.1) is 0 Å². The van der Waals surface area contributed by atoms with Crippen molar-refractivity contribution in [1.29, 1.82) is 0 Å². The van der Waals surface area contributed by atoms with Gasteiger partial charge < -0.3 is 14.8 Å². The highest BCUT2D eigenvalue weighted by Gasteiger charge is 2.17. The lowest BCUT2D eigenvalue weighted by Gasteiger charge is -2.15. The molecule has 0 aliphatic carbocycles. The van der Waals surface area contributed by atoms with Crippen LogP contribution < -0.4 is 14.8 Å². The third-order valence-electron chi connectivity index (χ3n) is 3.38. The van der Waals surface area contributed by atoms with Crippen LogP contribution in [0.1, 0.15) is 24.1 Å². The molecule has 19 heavy (non-hydrogen) atoms. The molecule has 1 atom stereocenters. The number of hydrogen-bond acceptors (Lipinski definition) is 3. The first-order chi connectivity index (χ1) is 9.34. The second-order valence-electron chi connectivity index (χ2n) is 4.66. The Balaban J connectivity index is 1.69. The van der Waals surface area contributed by atoms with E-state index in [0.29, 0.717) is 12.8 Å². The summed E-state index contributed by atoms with van der Waals surface area (Å²) in [4.78, 5) is 0. The van der Waals surface area contributed by atoms with Crippen LogP contribution in [0.4, 0.5) is 0 Å². The van der Waals surface area contributed by atoms with Gasteiger partial charge in [0.25, 0.3) is 0 Å². The minimum absolute atomic E-state index is 0.305. The van der Waals surface area contributed by atoms with Crippen LogP contribution in [0.3, 0.4) is 0 Å². The van der Waals surface area contributed by atoms with Gasteiger partial charge in [-0.05, 0) is 18.6 Å². The Morgan fingerprint density at radius 1 is 1.05 bits per heavy atom. The van der Waals surface area contributed by atoms with Crippen molar-refractivity contribution in [3.63, 3.8) is 0 Å². The van der Waals surface area contributed by atoms with Crippen LogP contribution in [0.2, 0.25) is 0 Å². The minimum Gasteiger partial charge on any atom is -0.454 e. The van der Waals surface area contributed by atoms with Crippen LogP contribution in [0.5, 0.6) is 11.5 Å². The molecule has 0 bridgehead atoms. The molecule has 0 amide bonds. The molecular formula is C16H17NO2. The van der Waals surface area contributed by atoms with Crippen molar-refractivity contribution in [2.45, 2.75) is 19.5 Å². The molecule has 0 spiro atoms. The Morgan fingerprint density at radius 3 is 2.74 bits per heavy atom. The molecule has 1 heterocycles. The van der Waals surface area contributed by atoms with Gasteiger partial charge >= 0.3 is 0 Å². The zero-order valence-electron chi connectivity index (χ0n) is 10.9. The molecule has 3 nitrogen and oxygen atoms in total. The number of hydrogen-bond donors (Lipinski definition) is 1. The lowest BCUT2D eigenvalue weighted by molar-refractivity contribution is 0.173. The summed E-state index contributed by atoms with van der Waals surface area (Å²) in [5.41, 5.74) is 2.42. The van der Waals surface area contributed by atoms with Crippen molar-refractivity contribution in [3.05, 3.63) is 59.7 Å². The van der Waals surface area contributed by atoms with Crippen molar-refractivity contribution in [2.75, 3.05) is 6.79 Å². The van der Waals surface area contributed by atoms with Crippen LogP contribution >= 0.6 is 0 Å². The Kier molecular flexibility index (Phi) is 3.38. The SMILES string of the molecule is CC(NCc1cccc2c1OCO2)c1ccccc1. The molecule has 0 fully saturated rings. The smallest absolute Gasteiger partial charge is 0.231 e. The second-order valence-corrected chi connectivity index (χ2v) is 4.66. The summed E-state index contributed by atoms with van der Waals surface area (Å²) >= 11 is 0. The van der Waals surface area contributed by atoms with Crippen molar-refractivity contribution in [1.82, 2.24) is 5.32 Å². The quantitative estimate of drug-likeness (QED) is 0.909. The van der Waals surface area contributed by atoms with Crippen molar-refractivity contribution in [2.24, 2.45) is 0 Å². The van der Waals surface area contributed by atoms with Crippen LogP contribution in [0, 0.1) is 0 Å². The Hall–Kier alpha value is -2.00. The van der Waals surface area contributed by atoms with E-state index in [1.54, 1.807) is 0 Å². The molecule has 1 aliphatic heterocycles. The van der Waals surface area contributed by atoms with E-state index in [0.717, 1.165) is 23.6 Å². The summed E-state index contributed by atoms with van der Waals surface area (Å²) in [7, 11) is 0. The number of rotatable bonds is 4. The summed E-state index contributed by atoms with van der Waals surface area (Å²) in [5, 5.41) is 3.51. The molecule has 2 aromatic carbocycles. The highest BCUT2D eigenvalue weighted by molar-refractivity contribution is 5.48. The van der Waals surface area contributed by atoms with E-state index in [9.17, 15) is 0 Å². The average Bonchev–Trinajstić information content (AvgIpc) is 2.94. The zero-order valence-corrected chi connectivity index (χ0v) is 10.9. The zero-order chi connectivity index (χ0) is 13.1. The molecule has 1 aliphatic rings. The molecule has 0 radical (unpaired) electrons. The minimum atomic E-state index is 0.305. The van der Waals surface area contributed by atoms with Gasteiger partial charge in [0.05, 0.1) is 0 Å². The van der Waals surface area contributed by atoms with E-state index >= 15 is 0 Å². The number of fused-ring (bicyclic) bond motifs is 1. The van der Waals surface area contributed by atoms with Crippen molar-refractivity contribution in [3.8, 4) is 11.5 Å². The average molecular weight is 255 g/mol. The molecule has 0 saturated carbocycles. The van der Waals surface area contributed by atoms with E-state index < -0.39 is 0 Å². The Labute approximate surface area is 113 Å². The maximum absolute atomic E-state index is 5.51. The lowest BCUT2D eigenvalue weighted by Crippen LogP contribution is -2.18. The van der Waals surface area contributed by atoms with Gasteiger partial charge in [-0.2, -0.15) is 0 Å². The van der Waals surface area contributed by atoms with Gasteiger partial charge in [-0.3, -0.25) is 0 Å². The Morgan fingerprint density at radius 2 is 1.89 bits per heavy atom. The highest BCUT2D eigenvalue weighted by Crippen LogP contribution is 2.35. The lowest BCUT2D eigenvalue weighted by atomic mass is 10.1. The third-order valence-corrected chi connectivity index (χ3v) is 3.38. The fraction of sp³-hybridized carbons (Fsp3) is 0.250. The van der Waals surface area contributed by atoms with Gasteiger partial charge in [0.2, 0.25) is 6.79 Å². The van der Waals surface area contributed by atoms with Crippen LogP contribution in [-0.4, -0.2) is 6.79 Å². The van der Waals surface area contributed by atoms with Gasteiger partial charge in [0.15, 0.2) is 11.5 Å². The van der Waals surface area contributed by atoms with Gasteiger partial charge in [0.1, 0.15) is 0 Å². The first-order valence-corrected chi connectivity index (χ1v) is 6.50. The maximum Gasteiger partial charge on any atom is 0.231 e. The molecule has 2 aromatic rings. The summed E-state index contributed by atoms with van der Waals surface area (Å²) in [6, 6.07) is 16.7. The van der Waals surface area contributed by atoms with E-state index in [2.05, 4.69) is 42.6 Å². The van der Waals surface area contributed by atoms with E-state index in [1.165, 1.54) is 5.56 Å². The fourth-order valence-electron chi connectivity index (χ4n) is 2.25. The molecule has 3 rings (SSSR count). The number of ether oxygens (including phenoxy) is 2. The second kappa shape index (κ2) is 5.33. The maximum atomic E-state index is 5.51. The first-order valence-electron chi connectivity index (χ1n) is 6.50. The first kappa shape index (κ1) is 12.1. The number of nitrogens with one attached hydrogen (secondary N) is 1. The van der Waals surface area contributed by atoms with Crippen LogP contribution in [0.15, 0.2) is 48.5 Å². The molecule has 1 unspecified atom stereocenters. The van der Waals surface area contributed by atoms with Gasteiger partial charge in [-0.1, -0.05) is 42.5 Å².